The van der Waals surface area contributed by atoms with Crippen molar-refractivity contribution >= 4 is 6.08 Å². The van der Waals surface area contributed by atoms with Gasteiger partial charge in [-0.05, 0) is 29.9 Å². The molecule has 1 nitrogen and oxygen atoms in total. The summed E-state index contributed by atoms with van der Waals surface area (Å²) in [6.45, 7) is 15.3. The summed E-state index contributed by atoms with van der Waals surface area (Å²) in [5, 5.41) is 0. The summed E-state index contributed by atoms with van der Waals surface area (Å²) in [4.78, 5) is 0. The summed E-state index contributed by atoms with van der Waals surface area (Å²) in [7, 11) is 0. The van der Waals surface area contributed by atoms with E-state index in [0.29, 0.717) is 0 Å². The molecule has 0 N–H and O–H groups in total. The van der Waals surface area contributed by atoms with Crippen LogP contribution in [0.4, 0.5) is 0 Å². The van der Waals surface area contributed by atoms with Gasteiger partial charge in [0.1, 0.15) is 0 Å². The van der Waals surface area contributed by atoms with Crippen molar-refractivity contribution in [2.75, 3.05) is 26.2 Å². The minimum atomic E-state index is 0. The van der Waals surface area contributed by atoms with Crippen molar-refractivity contribution < 1.29 is 21.5 Å². The number of hydrogen-bond donors (Lipinski definition) is 0. The van der Waals surface area contributed by atoms with Gasteiger partial charge in [0.05, 0.1) is 26.2 Å². The monoisotopic (exact) mass is 333 g/mol. The summed E-state index contributed by atoms with van der Waals surface area (Å²) >= 11 is 0. The average molecular weight is 334 g/mol. The van der Waals surface area contributed by atoms with Gasteiger partial charge in [-0.3, -0.25) is 0 Å². The molecule has 0 spiro atoms. The van der Waals surface area contributed by atoms with Gasteiger partial charge in [-0.25, -0.2) is 0 Å². The molecule has 0 heterocycles. The van der Waals surface area contributed by atoms with Crippen LogP contribution >= 0.6 is 0 Å². The first-order chi connectivity index (χ1) is 9.26. The van der Waals surface area contributed by atoms with Crippen LogP contribution in [0.2, 0.25) is 0 Å². The summed E-state index contributed by atoms with van der Waals surface area (Å²) in [5.41, 5.74) is 1.23. The molecule has 20 heavy (non-hydrogen) atoms. The van der Waals surface area contributed by atoms with Crippen LogP contribution in [0.3, 0.4) is 0 Å². The number of halogens is 1. The lowest BCUT2D eigenvalue weighted by molar-refractivity contribution is -0.906. The number of nitrogens with zero attached hydrogens (tertiary/aromatic N) is 1. The first kappa shape index (κ1) is 18.6. The summed E-state index contributed by atoms with van der Waals surface area (Å²) in [6, 6.07) is 10.4. The molecule has 1 rings (SSSR count). The van der Waals surface area contributed by atoms with Crippen LogP contribution in [-0.2, 0) is 0 Å². The van der Waals surface area contributed by atoms with Crippen LogP contribution in [0.1, 0.15) is 5.56 Å². The fraction of sp³-hybridized carbons (Fsp3) is 0.222. The molecule has 0 amide bonds. The molecule has 0 aliphatic rings. The highest BCUT2D eigenvalue weighted by Crippen LogP contribution is 2.10. The van der Waals surface area contributed by atoms with Gasteiger partial charge in [0.15, 0.2) is 0 Å². The molecule has 0 bridgehead atoms. The Labute approximate surface area is 134 Å². The second kappa shape index (κ2) is 10.4. The van der Waals surface area contributed by atoms with Crippen LogP contribution in [0.25, 0.3) is 6.08 Å². The molecule has 1 aromatic rings. The molecule has 108 valence electrons. The molecule has 0 atom stereocenters. The largest absolute Gasteiger partial charge is 1.00 e. The maximum Gasteiger partial charge on any atom is 0.0984 e. The Hall–Kier alpha value is -1.38. The Bertz CT molecular complexity index is 407. The van der Waals surface area contributed by atoms with Crippen molar-refractivity contribution in [2.24, 2.45) is 0 Å². The lowest BCUT2D eigenvalue weighted by Gasteiger charge is -2.35. The fourth-order valence-corrected chi connectivity index (χ4v) is 2.25. The van der Waals surface area contributed by atoms with Crippen molar-refractivity contribution in [2.45, 2.75) is 0 Å². The summed E-state index contributed by atoms with van der Waals surface area (Å²) in [5.74, 6) is 0. The SMILES string of the molecule is C=CC[N+](CC=C)(CC=C)CC=Cc1ccccc1.[Br-]. The Kier molecular flexibility index (Phi) is 9.69. The Morgan fingerprint density at radius 3 is 1.75 bits per heavy atom. The van der Waals surface area contributed by atoms with Gasteiger partial charge in [0.2, 0.25) is 0 Å². The number of hydrogen-bond acceptors (Lipinski definition) is 0. The van der Waals surface area contributed by atoms with E-state index in [1.54, 1.807) is 0 Å². The number of rotatable bonds is 9. The zero-order chi connectivity index (χ0) is 14.0. The standard InChI is InChI=1S/C18H24N.BrH/c1-4-14-19(15-5-2,16-6-3)17-10-13-18-11-8-7-9-12-18;/h4-13H,1-3,14-17H2;1H/q+1;/p-1. The molecule has 2 heteroatoms. The van der Waals surface area contributed by atoms with Crippen LogP contribution < -0.4 is 17.0 Å². The zero-order valence-corrected chi connectivity index (χ0v) is 13.6. The third-order valence-electron chi connectivity index (χ3n) is 3.15. The van der Waals surface area contributed by atoms with Gasteiger partial charge < -0.3 is 21.5 Å². The van der Waals surface area contributed by atoms with Crippen LogP contribution in [0.5, 0.6) is 0 Å². The molecule has 0 unspecified atom stereocenters. The van der Waals surface area contributed by atoms with Gasteiger partial charge in [0.25, 0.3) is 0 Å². The molecule has 1 aromatic carbocycles. The highest BCUT2D eigenvalue weighted by molar-refractivity contribution is 5.48. The van der Waals surface area contributed by atoms with Crippen molar-refractivity contribution in [3.8, 4) is 0 Å². The second-order valence-electron chi connectivity index (χ2n) is 4.75. The maximum atomic E-state index is 3.87. The maximum absolute atomic E-state index is 3.87. The zero-order valence-electron chi connectivity index (χ0n) is 12.0. The second-order valence-corrected chi connectivity index (χ2v) is 4.75. The highest BCUT2D eigenvalue weighted by Gasteiger charge is 2.20. The minimum Gasteiger partial charge on any atom is -1.00 e. The van der Waals surface area contributed by atoms with E-state index in [2.05, 4.69) is 56.2 Å². The van der Waals surface area contributed by atoms with Gasteiger partial charge in [-0.1, -0.05) is 56.1 Å². The molecule has 0 aromatic heterocycles. The lowest BCUT2D eigenvalue weighted by atomic mass is 10.2. The molecule has 0 aliphatic heterocycles. The van der Waals surface area contributed by atoms with E-state index >= 15 is 0 Å². The number of quaternary nitrogens is 1. The van der Waals surface area contributed by atoms with E-state index in [1.807, 2.05) is 24.3 Å². The van der Waals surface area contributed by atoms with E-state index in [0.717, 1.165) is 30.7 Å². The lowest BCUT2D eigenvalue weighted by Crippen LogP contribution is -3.00. The van der Waals surface area contributed by atoms with E-state index in [1.165, 1.54) is 5.56 Å². The summed E-state index contributed by atoms with van der Waals surface area (Å²) < 4.78 is 0.903. The predicted octanol–water partition coefficient (Wildman–Crippen LogP) is 1.08. The van der Waals surface area contributed by atoms with E-state index in [-0.39, 0.29) is 17.0 Å². The summed E-state index contributed by atoms with van der Waals surface area (Å²) in [6.07, 6.45) is 10.3. The van der Waals surface area contributed by atoms with Crippen molar-refractivity contribution in [1.29, 1.82) is 0 Å². The van der Waals surface area contributed by atoms with Crippen LogP contribution in [0, 0.1) is 0 Å². The van der Waals surface area contributed by atoms with Gasteiger partial charge in [-0.2, -0.15) is 0 Å². The van der Waals surface area contributed by atoms with E-state index in [4.69, 9.17) is 0 Å². The molecule has 0 fully saturated rings. The van der Waals surface area contributed by atoms with Gasteiger partial charge in [-0.15, -0.1) is 0 Å². The number of benzene rings is 1. The highest BCUT2D eigenvalue weighted by atomic mass is 79.9. The smallest absolute Gasteiger partial charge is 0.0984 e. The first-order valence-corrected chi connectivity index (χ1v) is 6.66. The molecule has 0 saturated carbocycles. The normalized spacial score (nSPS) is 10.8. The van der Waals surface area contributed by atoms with E-state index < -0.39 is 0 Å². The average Bonchev–Trinajstić information content (AvgIpc) is 2.41. The first-order valence-electron chi connectivity index (χ1n) is 6.66. The van der Waals surface area contributed by atoms with Crippen LogP contribution in [0.15, 0.2) is 74.4 Å². The Balaban J connectivity index is 0.00000361. The van der Waals surface area contributed by atoms with E-state index in [9.17, 15) is 0 Å². The van der Waals surface area contributed by atoms with Crippen molar-refractivity contribution in [1.82, 2.24) is 0 Å². The molecule has 0 radical (unpaired) electrons. The molecule has 0 saturated heterocycles. The fourth-order valence-electron chi connectivity index (χ4n) is 2.25. The van der Waals surface area contributed by atoms with Gasteiger partial charge >= 0.3 is 0 Å². The van der Waals surface area contributed by atoms with Crippen molar-refractivity contribution in [3.05, 3.63) is 79.9 Å². The topological polar surface area (TPSA) is 0 Å². The van der Waals surface area contributed by atoms with Gasteiger partial charge in [0, 0.05) is 0 Å². The molecular formula is C18H24BrN. The quantitative estimate of drug-likeness (QED) is 0.468. The molecular weight excluding hydrogens is 310 g/mol. The molecule has 0 aliphatic carbocycles. The van der Waals surface area contributed by atoms with Crippen molar-refractivity contribution in [3.63, 3.8) is 0 Å². The van der Waals surface area contributed by atoms with Crippen LogP contribution in [-0.4, -0.2) is 30.7 Å². The third kappa shape index (κ3) is 6.18. The predicted molar refractivity (Wildman–Crippen MR) is 85.8 cm³/mol. The Morgan fingerprint density at radius 1 is 0.800 bits per heavy atom. The Morgan fingerprint density at radius 2 is 1.30 bits per heavy atom. The minimum absolute atomic E-state index is 0. The third-order valence-corrected chi connectivity index (χ3v) is 3.15.